The minimum absolute atomic E-state index is 0.198. The van der Waals surface area contributed by atoms with Crippen LogP contribution in [0.4, 0.5) is 5.82 Å². The standard InChI is InChI=1S/C23H26ClN3O2S/c1-3-15-9-16(8-13(15)2)27-23-18(11-25-12-26-23)21(29)20-10-17(22(24)30-20)19(28)7-6-14-4-5-14/h10-16,19,28H,3-5,8-9H2,1-2H3,(H,25,26,27)/t13-,15-,16-,19?/m0/s1. The quantitative estimate of drug-likeness (QED) is 0.479. The molecule has 0 spiro atoms. The summed E-state index contributed by atoms with van der Waals surface area (Å²) in [7, 11) is 0. The number of carbonyl (C=O) groups excluding carboxylic acids is 1. The molecule has 0 bridgehead atoms. The van der Waals surface area contributed by atoms with Crippen molar-refractivity contribution in [1.29, 1.82) is 0 Å². The molecule has 2 fully saturated rings. The Morgan fingerprint density at radius 3 is 2.93 bits per heavy atom. The van der Waals surface area contributed by atoms with Gasteiger partial charge in [0.2, 0.25) is 5.78 Å². The summed E-state index contributed by atoms with van der Waals surface area (Å²) >= 11 is 7.48. The van der Waals surface area contributed by atoms with Gasteiger partial charge in [-0.05, 0) is 43.6 Å². The van der Waals surface area contributed by atoms with Crippen LogP contribution >= 0.6 is 22.9 Å². The number of hydrogen-bond donors (Lipinski definition) is 2. The van der Waals surface area contributed by atoms with Gasteiger partial charge in [0.05, 0.1) is 10.4 Å². The van der Waals surface area contributed by atoms with Crippen LogP contribution in [0.15, 0.2) is 18.6 Å². The Labute approximate surface area is 186 Å². The summed E-state index contributed by atoms with van der Waals surface area (Å²) in [5.41, 5.74) is 0.910. The number of ketones is 1. The molecule has 0 amide bonds. The number of aliphatic hydroxyl groups is 1. The van der Waals surface area contributed by atoms with Crippen LogP contribution in [-0.2, 0) is 0 Å². The van der Waals surface area contributed by atoms with Crippen LogP contribution in [0.1, 0.15) is 72.9 Å². The van der Waals surface area contributed by atoms with Crippen LogP contribution in [-0.4, -0.2) is 26.9 Å². The first kappa shape index (κ1) is 21.3. The average molecular weight is 444 g/mol. The fourth-order valence-corrected chi connectivity index (χ4v) is 5.42. The van der Waals surface area contributed by atoms with E-state index in [4.69, 9.17) is 11.6 Å². The Hall–Kier alpha value is -1.94. The third kappa shape index (κ3) is 4.69. The lowest BCUT2D eigenvalue weighted by atomic mass is 9.96. The highest BCUT2D eigenvalue weighted by atomic mass is 35.5. The van der Waals surface area contributed by atoms with E-state index in [-0.39, 0.29) is 5.78 Å². The van der Waals surface area contributed by atoms with Gasteiger partial charge in [-0.1, -0.05) is 43.7 Å². The summed E-state index contributed by atoms with van der Waals surface area (Å²) in [6.45, 7) is 4.51. The Morgan fingerprint density at radius 2 is 2.23 bits per heavy atom. The molecular weight excluding hydrogens is 418 g/mol. The van der Waals surface area contributed by atoms with Crippen molar-refractivity contribution in [3.8, 4) is 11.8 Å². The van der Waals surface area contributed by atoms with Crippen LogP contribution in [0.5, 0.6) is 0 Å². The lowest BCUT2D eigenvalue weighted by Gasteiger charge is -2.15. The molecule has 2 aliphatic carbocycles. The van der Waals surface area contributed by atoms with Gasteiger partial charge in [0, 0.05) is 23.7 Å². The molecule has 0 saturated heterocycles. The zero-order valence-electron chi connectivity index (χ0n) is 17.2. The Balaban J connectivity index is 1.53. The fraction of sp³-hybridized carbons (Fsp3) is 0.522. The molecular formula is C23H26ClN3O2S. The normalized spacial score (nSPS) is 24.2. The number of hydrogen-bond acceptors (Lipinski definition) is 6. The third-order valence-electron chi connectivity index (χ3n) is 6.10. The van der Waals surface area contributed by atoms with Crippen LogP contribution in [0.25, 0.3) is 0 Å². The van der Waals surface area contributed by atoms with Gasteiger partial charge in [0.15, 0.2) is 0 Å². The van der Waals surface area contributed by atoms with Crippen molar-refractivity contribution >= 4 is 34.5 Å². The molecule has 7 heteroatoms. The summed E-state index contributed by atoms with van der Waals surface area (Å²) in [5, 5.41) is 13.8. The SMILES string of the molecule is CC[C@H]1C[C@@H](Nc2ncncc2C(=O)c2cc(C(O)C#CC3CC3)c(Cl)s2)C[C@@H]1C. The molecule has 2 saturated carbocycles. The zero-order valence-corrected chi connectivity index (χ0v) is 18.8. The molecule has 4 atom stereocenters. The van der Waals surface area contributed by atoms with Crippen LogP contribution in [0.2, 0.25) is 4.34 Å². The van der Waals surface area contributed by atoms with E-state index in [1.54, 1.807) is 12.3 Å². The Kier molecular flexibility index (Phi) is 6.43. The first-order valence-electron chi connectivity index (χ1n) is 10.6. The van der Waals surface area contributed by atoms with E-state index in [2.05, 4.69) is 41.0 Å². The van der Waals surface area contributed by atoms with E-state index in [0.717, 1.165) is 43.4 Å². The Bertz CT molecular complexity index is 992. The highest BCUT2D eigenvalue weighted by Crippen LogP contribution is 2.37. The van der Waals surface area contributed by atoms with Crippen molar-refractivity contribution in [3.05, 3.63) is 38.9 Å². The van der Waals surface area contributed by atoms with Crippen molar-refractivity contribution in [2.75, 3.05) is 5.32 Å². The number of aliphatic hydroxyl groups excluding tert-OH is 1. The molecule has 0 radical (unpaired) electrons. The van der Waals surface area contributed by atoms with E-state index in [9.17, 15) is 9.90 Å². The van der Waals surface area contributed by atoms with Crippen molar-refractivity contribution in [1.82, 2.24) is 9.97 Å². The molecule has 2 N–H and O–H groups in total. The van der Waals surface area contributed by atoms with E-state index < -0.39 is 6.10 Å². The van der Waals surface area contributed by atoms with Gasteiger partial charge in [-0.3, -0.25) is 4.79 Å². The molecule has 2 heterocycles. The first-order chi connectivity index (χ1) is 14.5. The molecule has 158 valence electrons. The van der Waals surface area contributed by atoms with Gasteiger partial charge in [-0.15, -0.1) is 11.3 Å². The summed E-state index contributed by atoms with van der Waals surface area (Å²) < 4.78 is 0.387. The van der Waals surface area contributed by atoms with Crippen LogP contribution in [0.3, 0.4) is 0 Å². The molecule has 4 rings (SSSR count). The number of aromatic nitrogens is 2. The fourth-order valence-electron chi connectivity index (χ4n) is 4.14. The van der Waals surface area contributed by atoms with Gasteiger partial charge in [-0.25, -0.2) is 9.97 Å². The molecule has 2 aliphatic rings. The molecule has 1 unspecified atom stereocenters. The minimum Gasteiger partial charge on any atom is -0.376 e. The van der Waals surface area contributed by atoms with Crippen LogP contribution < -0.4 is 5.32 Å². The van der Waals surface area contributed by atoms with Crippen molar-refractivity contribution < 1.29 is 9.90 Å². The van der Waals surface area contributed by atoms with Gasteiger partial charge in [-0.2, -0.15) is 0 Å². The minimum atomic E-state index is -0.980. The maximum atomic E-state index is 13.2. The number of nitrogens with one attached hydrogen (secondary N) is 1. The monoisotopic (exact) mass is 443 g/mol. The molecule has 2 aromatic heterocycles. The number of nitrogens with zero attached hydrogens (tertiary/aromatic N) is 2. The predicted octanol–water partition coefficient (Wildman–Crippen LogP) is 5.11. The van der Waals surface area contributed by atoms with Gasteiger partial charge >= 0.3 is 0 Å². The molecule has 2 aromatic rings. The average Bonchev–Trinajstić information content (AvgIpc) is 3.39. The number of halogens is 1. The van der Waals surface area contributed by atoms with Gasteiger partial charge in [0.25, 0.3) is 0 Å². The van der Waals surface area contributed by atoms with E-state index in [1.165, 1.54) is 6.33 Å². The maximum Gasteiger partial charge on any atom is 0.208 e. The summed E-state index contributed by atoms with van der Waals surface area (Å²) in [4.78, 5) is 22.1. The molecule has 5 nitrogen and oxygen atoms in total. The highest BCUT2D eigenvalue weighted by Gasteiger charge is 2.31. The van der Waals surface area contributed by atoms with E-state index in [0.29, 0.717) is 50.0 Å². The first-order valence-corrected chi connectivity index (χ1v) is 11.7. The summed E-state index contributed by atoms with van der Waals surface area (Å²) in [6, 6.07) is 1.94. The largest absolute Gasteiger partial charge is 0.376 e. The lowest BCUT2D eigenvalue weighted by Crippen LogP contribution is -2.19. The number of carbonyl (C=O) groups is 1. The highest BCUT2D eigenvalue weighted by molar-refractivity contribution is 7.18. The topological polar surface area (TPSA) is 75.1 Å². The zero-order chi connectivity index (χ0) is 21.3. The second-order valence-electron chi connectivity index (χ2n) is 8.38. The molecule has 30 heavy (non-hydrogen) atoms. The maximum absolute atomic E-state index is 13.2. The third-order valence-corrected chi connectivity index (χ3v) is 7.49. The number of rotatable bonds is 6. The number of anilines is 1. The van der Waals surface area contributed by atoms with Gasteiger partial charge in [0.1, 0.15) is 22.6 Å². The van der Waals surface area contributed by atoms with Crippen molar-refractivity contribution in [3.63, 3.8) is 0 Å². The van der Waals surface area contributed by atoms with Crippen LogP contribution in [0, 0.1) is 29.6 Å². The second-order valence-corrected chi connectivity index (χ2v) is 10.0. The second kappa shape index (κ2) is 9.05. The van der Waals surface area contributed by atoms with Crippen molar-refractivity contribution in [2.24, 2.45) is 17.8 Å². The van der Waals surface area contributed by atoms with E-state index >= 15 is 0 Å². The summed E-state index contributed by atoms with van der Waals surface area (Å²) in [6.07, 6.45) is 7.51. The number of thiophene rings is 1. The van der Waals surface area contributed by atoms with Crippen molar-refractivity contribution in [2.45, 2.75) is 58.1 Å². The Morgan fingerprint density at radius 1 is 1.43 bits per heavy atom. The summed E-state index contributed by atoms with van der Waals surface area (Å²) in [5.74, 6) is 7.99. The molecule has 0 aliphatic heterocycles. The predicted molar refractivity (Wildman–Crippen MR) is 120 cm³/mol. The van der Waals surface area contributed by atoms with E-state index in [1.807, 2.05) is 0 Å². The lowest BCUT2D eigenvalue weighted by molar-refractivity contribution is 0.104. The smallest absolute Gasteiger partial charge is 0.208 e. The van der Waals surface area contributed by atoms with Gasteiger partial charge < -0.3 is 10.4 Å². The molecule has 0 aromatic carbocycles.